The Morgan fingerprint density at radius 2 is 2.36 bits per heavy atom. The van der Waals surface area contributed by atoms with Gasteiger partial charge < -0.3 is 14.6 Å². The van der Waals surface area contributed by atoms with Crippen molar-refractivity contribution in [3.8, 4) is 0 Å². The third-order valence-electron chi connectivity index (χ3n) is 4.50. The largest absolute Gasteiger partial charge is 0.371 e. The first-order valence-corrected chi connectivity index (χ1v) is 9.41. The van der Waals surface area contributed by atoms with Gasteiger partial charge in [-0.2, -0.15) is 4.31 Å². The van der Waals surface area contributed by atoms with Gasteiger partial charge in [0, 0.05) is 39.0 Å². The van der Waals surface area contributed by atoms with Crippen LogP contribution in [0.1, 0.15) is 26.2 Å². The molecule has 7 nitrogen and oxygen atoms in total. The Bertz CT molecular complexity index is 630. The number of hydrogen-bond donors (Lipinski definition) is 1. The number of aryl methyl sites for hydroxylation is 1. The zero-order chi connectivity index (χ0) is 15.8. The number of imidazole rings is 1. The summed E-state index contributed by atoms with van der Waals surface area (Å²) in [5, 5.41) is 3.38. The quantitative estimate of drug-likeness (QED) is 0.865. The van der Waals surface area contributed by atoms with E-state index in [0.717, 1.165) is 18.8 Å². The molecule has 0 saturated carbocycles. The highest BCUT2D eigenvalue weighted by atomic mass is 32.2. The zero-order valence-corrected chi connectivity index (χ0v) is 14.0. The lowest BCUT2D eigenvalue weighted by Gasteiger charge is -2.23. The monoisotopic (exact) mass is 328 g/mol. The normalized spacial score (nSPS) is 29.5. The molecular weight excluding hydrogens is 304 g/mol. The summed E-state index contributed by atoms with van der Waals surface area (Å²) in [6.45, 7) is 3.53. The van der Waals surface area contributed by atoms with Gasteiger partial charge in [0.25, 0.3) is 0 Å². The minimum atomic E-state index is -3.13. The molecule has 2 unspecified atom stereocenters. The minimum absolute atomic E-state index is 0.176. The van der Waals surface area contributed by atoms with E-state index < -0.39 is 10.0 Å². The third-order valence-corrected chi connectivity index (χ3v) is 6.52. The van der Waals surface area contributed by atoms with Crippen molar-refractivity contribution in [3.05, 3.63) is 12.4 Å². The summed E-state index contributed by atoms with van der Waals surface area (Å²) in [6, 6.07) is 0.176. The lowest BCUT2D eigenvalue weighted by Crippen LogP contribution is -2.37. The van der Waals surface area contributed by atoms with E-state index >= 15 is 0 Å². The standard InChI is InChI=1S/C14H24N4O3S/c1-3-8-22(19,20)18-6-4-14(11-18)9-12(10-21-14)16-13-15-5-7-17(13)2/h5,7,12H,3-4,6,8-11H2,1-2H3,(H,15,16). The van der Waals surface area contributed by atoms with Gasteiger partial charge in [0.15, 0.2) is 0 Å². The Labute approximate surface area is 131 Å². The Hall–Kier alpha value is -1.12. The molecule has 22 heavy (non-hydrogen) atoms. The Balaban J connectivity index is 1.62. The highest BCUT2D eigenvalue weighted by Crippen LogP contribution is 2.37. The first-order chi connectivity index (χ1) is 10.4. The maximum absolute atomic E-state index is 12.2. The molecule has 1 spiro atoms. The molecule has 0 aromatic carbocycles. The Morgan fingerprint density at radius 1 is 1.55 bits per heavy atom. The van der Waals surface area contributed by atoms with Gasteiger partial charge in [-0.25, -0.2) is 13.4 Å². The van der Waals surface area contributed by atoms with Gasteiger partial charge >= 0.3 is 0 Å². The summed E-state index contributed by atoms with van der Waals surface area (Å²) in [5.74, 6) is 1.04. The van der Waals surface area contributed by atoms with Crippen molar-refractivity contribution in [2.45, 2.75) is 37.8 Å². The van der Waals surface area contributed by atoms with Gasteiger partial charge in [-0.3, -0.25) is 0 Å². The lowest BCUT2D eigenvalue weighted by molar-refractivity contribution is 0.0173. The number of ether oxygens (including phenoxy) is 1. The topological polar surface area (TPSA) is 76.5 Å². The fourth-order valence-corrected chi connectivity index (χ4v) is 4.92. The van der Waals surface area contributed by atoms with Crippen molar-refractivity contribution in [2.24, 2.45) is 7.05 Å². The van der Waals surface area contributed by atoms with Crippen molar-refractivity contribution in [3.63, 3.8) is 0 Å². The molecule has 124 valence electrons. The number of aromatic nitrogens is 2. The highest BCUT2D eigenvalue weighted by Gasteiger charge is 2.48. The smallest absolute Gasteiger partial charge is 0.214 e. The number of rotatable bonds is 5. The molecule has 2 atom stereocenters. The molecule has 1 aromatic heterocycles. The van der Waals surface area contributed by atoms with Gasteiger partial charge in [0.2, 0.25) is 16.0 Å². The molecule has 3 rings (SSSR count). The average Bonchev–Trinajstić information content (AvgIpc) is 3.15. The van der Waals surface area contributed by atoms with Crippen molar-refractivity contribution in [1.29, 1.82) is 0 Å². The summed E-state index contributed by atoms with van der Waals surface area (Å²) in [4.78, 5) is 4.26. The maximum Gasteiger partial charge on any atom is 0.214 e. The van der Waals surface area contributed by atoms with E-state index in [2.05, 4.69) is 10.3 Å². The molecular formula is C14H24N4O3S. The van der Waals surface area contributed by atoms with Gasteiger partial charge in [0.1, 0.15) is 0 Å². The van der Waals surface area contributed by atoms with Gasteiger partial charge in [0.05, 0.1) is 24.0 Å². The molecule has 3 heterocycles. The van der Waals surface area contributed by atoms with E-state index in [0.29, 0.717) is 26.1 Å². The number of nitrogens with zero attached hydrogens (tertiary/aromatic N) is 3. The first-order valence-electron chi connectivity index (χ1n) is 7.80. The number of hydrogen-bond acceptors (Lipinski definition) is 5. The maximum atomic E-state index is 12.2. The summed E-state index contributed by atoms with van der Waals surface area (Å²) >= 11 is 0. The molecule has 1 aromatic rings. The fourth-order valence-electron chi connectivity index (χ4n) is 3.34. The third kappa shape index (κ3) is 3.00. The van der Waals surface area contributed by atoms with Crippen LogP contribution >= 0.6 is 0 Å². The van der Waals surface area contributed by atoms with Gasteiger partial charge in [-0.05, 0) is 12.8 Å². The van der Waals surface area contributed by atoms with Gasteiger partial charge in [-0.1, -0.05) is 6.92 Å². The molecule has 0 radical (unpaired) electrons. The van der Waals surface area contributed by atoms with Crippen LogP contribution in [0, 0.1) is 0 Å². The van der Waals surface area contributed by atoms with E-state index in [1.54, 1.807) is 10.5 Å². The lowest BCUT2D eigenvalue weighted by atomic mass is 9.97. The van der Waals surface area contributed by atoms with E-state index in [9.17, 15) is 8.42 Å². The molecule has 2 fully saturated rings. The Morgan fingerprint density at radius 3 is 3.05 bits per heavy atom. The second-order valence-corrected chi connectivity index (χ2v) is 8.39. The van der Waals surface area contributed by atoms with Crippen LogP contribution in [-0.4, -0.2) is 59.4 Å². The summed E-state index contributed by atoms with van der Waals surface area (Å²) in [5.41, 5.74) is -0.330. The Kier molecular flexibility index (Phi) is 4.17. The van der Waals surface area contributed by atoms with E-state index in [1.807, 2.05) is 24.7 Å². The van der Waals surface area contributed by atoms with Crippen LogP contribution in [0.25, 0.3) is 0 Å². The highest BCUT2D eigenvalue weighted by molar-refractivity contribution is 7.89. The molecule has 0 bridgehead atoms. The van der Waals surface area contributed by atoms with Crippen LogP contribution in [0.4, 0.5) is 5.95 Å². The van der Waals surface area contributed by atoms with Crippen molar-refractivity contribution >= 4 is 16.0 Å². The van der Waals surface area contributed by atoms with E-state index in [-0.39, 0.29) is 17.4 Å². The predicted molar refractivity (Wildman–Crippen MR) is 84.2 cm³/mol. The minimum Gasteiger partial charge on any atom is -0.371 e. The molecule has 0 aliphatic carbocycles. The zero-order valence-electron chi connectivity index (χ0n) is 13.2. The summed E-state index contributed by atoms with van der Waals surface area (Å²) in [7, 11) is -1.19. The van der Waals surface area contributed by atoms with Crippen LogP contribution in [0.5, 0.6) is 0 Å². The van der Waals surface area contributed by atoms with Crippen LogP contribution in [0.15, 0.2) is 12.4 Å². The average molecular weight is 328 g/mol. The fraction of sp³-hybridized carbons (Fsp3) is 0.786. The van der Waals surface area contributed by atoms with E-state index in [1.165, 1.54) is 0 Å². The molecule has 2 aliphatic rings. The molecule has 2 aliphatic heterocycles. The van der Waals surface area contributed by atoms with Crippen molar-refractivity contribution in [1.82, 2.24) is 13.9 Å². The number of nitrogens with one attached hydrogen (secondary N) is 1. The van der Waals surface area contributed by atoms with Crippen LogP contribution in [0.3, 0.4) is 0 Å². The number of sulfonamides is 1. The first kappa shape index (κ1) is 15.8. The van der Waals surface area contributed by atoms with Crippen molar-refractivity contribution in [2.75, 3.05) is 30.8 Å². The SMILES string of the molecule is CCCS(=O)(=O)N1CCC2(CC(Nc3nccn3C)CO2)C1. The van der Waals surface area contributed by atoms with Crippen LogP contribution < -0.4 is 5.32 Å². The second-order valence-electron chi connectivity index (χ2n) is 6.30. The number of anilines is 1. The predicted octanol–water partition coefficient (Wildman–Crippen LogP) is 0.805. The van der Waals surface area contributed by atoms with E-state index in [4.69, 9.17) is 4.74 Å². The summed E-state index contributed by atoms with van der Waals surface area (Å²) in [6.07, 6.45) is 5.88. The second kappa shape index (κ2) is 5.82. The van der Waals surface area contributed by atoms with Crippen LogP contribution in [-0.2, 0) is 21.8 Å². The van der Waals surface area contributed by atoms with Crippen LogP contribution in [0.2, 0.25) is 0 Å². The molecule has 8 heteroatoms. The summed E-state index contributed by atoms with van der Waals surface area (Å²) < 4.78 is 33.9. The van der Waals surface area contributed by atoms with Crippen molar-refractivity contribution < 1.29 is 13.2 Å². The molecule has 2 saturated heterocycles. The molecule has 0 amide bonds. The van der Waals surface area contributed by atoms with Gasteiger partial charge in [-0.15, -0.1) is 0 Å². The molecule has 1 N–H and O–H groups in total.